The Morgan fingerprint density at radius 2 is 0.474 bits per heavy atom. The van der Waals surface area contributed by atoms with Crippen molar-refractivity contribution in [3.05, 3.63) is 36.5 Å². The number of carbonyl (C=O) groups is 3. The van der Waals surface area contributed by atoms with E-state index >= 15 is 0 Å². The highest BCUT2D eigenvalue weighted by molar-refractivity contribution is 5.71. The predicted octanol–water partition coefficient (Wildman–Crippen LogP) is 23.2. The van der Waals surface area contributed by atoms with E-state index in [-0.39, 0.29) is 31.1 Å². The van der Waals surface area contributed by atoms with Crippen molar-refractivity contribution in [2.24, 2.45) is 0 Å². The van der Waals surface area contributed by atoms with Crippen LogP contribution in [-0.2, 0) is 28.6 Å². The molecule has 0 radical (unpaired) electrons. The Morgan fingerprint density at radius 1 is 0.263 bits per heavy atom. The lowest BCUT2D eigenvalue weighted by atomic mass is 10.0. The molecule has 0 aliphatic rings. The molecule has 0 aromatic carbocycles. The molecule has 0 rings (SSSR count). The van der Waals surface area contributed by atoms with Crippen LogP contribution >= 0.6 is 0 Å². The van der Waals surface area contributed by atoms with Crippen molar-refractivity contribution in [1.29, 1.82) is 0 Å². The van der Waals surface area contributed by atoms with E-state index < -0.39 is 6.10 Å². The Morgan fingerprint density at radius 3 is 0.737 bits per heavy atom. The average Bonchev–Trinajstić information content (AvgIpc) is 3.42. The van der Waals surface area contributed by atoms with Gasteiger partial charge in [-0.3, -0.25) is 14.4 Å². The Bertz CT molecular complexity index is 1270. The number of hydrogen-bond acceptors (Lipinski definition) is 6. The Balaban J connectivity index is 4.13. The summed E-state index contributed by atoms with van der Waals surface area (Å²) in [6.07, 6.45) is 80.4. The van der Waals surface area contributed by atoms with Crippen LogP contribution in [0.3, 0.4) is 0 Å². The number of rotatable bonds is 63. The number of hydrogen-bond donors (Lipinski definition) is 0. The zero-order chi connectivity index (χ0) is 55.0. The van der Waals surface area contributed by atoms with Gasteiger partial charge in [0.15, 0.2) is 6.10 Å². The molecular formula is C70H130O6. The number of ether oxygens (including phenoxy) is 3. The second kappa shape index (κ2) is 65.2. The average molecular weight is 1070 g/mol. The zero-order valence-electron chi connectivity index (χ0n) is 51.3. The normalized spacial score (nSPS) is 12.2. The fourth-order valence-electron chi connectivity index (χ4n) is 10.3. The van der Waals surface area contributed by atoms with Crippen molar-refractivity contribution in [2.75, 3.05) is 13.2 Å². The van der Waals surface area contributed by atoms with E-state index in [2.05, 4.69) is 57.2 Å². The Labute approximate surface area is 474 Å². The van der Waals surface area contributed by atoms with Gasteiger partial charge in [-0.05, 0) is 57.8 Å². The molecule has 6 nitrogen and oxygen atoms in total. The van der Waals surface area contributed by atoms with E-state index in [4.69, 9.17) is 14.2 Å². The van der Waals surface area contributed by atoms with Crippen LogP contribution in [0.25, 0.3) is 0 Å². The van der Waals surface area contributed by atoms with Gasteiger partial charge in [-0.1, -0.05) is 333 Å². The van der Waals surface area contributed by atoms with Crippen LogP contribution in [0.2, 0.25) is 0 Å². The highest BCUT2D eigenvalue weighted by Gasteiger charge is 2.19. The van der Waals surface area contributed by atoms with E-state index in [0.29, 0.717) is 19.3 Å². The first kappa shape index (κ1) is 73.6. The van der Waals surface area contributed by atoms with E-state index in [0.717, 1.165) is 77.0 Å². The van der Waals surface area contributed by atoms with Crippen molar-refractivity contribution in [3.63, 3.8) is 0 Å². The van der Waals surface area contributed by atoms with Gasteiger partial charge in [0.25, 0.3) is 0 Å². The van der Waals surface area contributed by atoms with Gasteiger partial charge in [-0.2, -0.15) is 0 Å². The van der Waals surface area contributed by atoms with Gasteiger partial charge in [0, 0.05) is 19.3 Å². The van der Waals surface area contributed by atoms with Gasteiger partial charge in [-0.15, -0.1) is 0 Å². The molecule has 0 aromatic rings. The van der Waals surface area contributed by atoms with Crippen LogP contribution in [0, 0.1) is 0 Å². The summed E-state index contributed by atoms with van der Waals surface area (Å²) in [6.45, 7) is 6.66. The number of esters is 3. The van der Waals surface area contributed by atoms with Crippen LogP contribution in [0.5, 0.6) is 0 Å². The zero-order valence-corrected chi connectivity index (χ0v) is 51.3. The summed E-state index contributed by atoms with van der Waals surface area (Å²) >= 11 is 0. The topological polar surface area (TPSA) is 78.9 Å². The lowest BCUT2D eigenvalue weighted by molar-refractivity contribution is -0.167. The molecule has 6 heteroatoms. The fraction of sp³-hybridized carbons (Fsp3) is 0.871. The maximum Gasteiger partial charge on any atom is 0.306 e. The van der Waals surface area contributed by atoms with Crippen molar-refractivity contribution >= 4 is 17.9 Å². The molecule has 76 heavy (non-hydrogen) atoms. The molecule has 0 bridgehead atoms. The van der Waals surface area contributed by atoms with E-state index in [9.17, 15) is 14.4 Å². The maximum absolute atomic E-state index is 12.9. The quantitative estimate of drug-likeness (QED) is 0.0261. The maximum atomic E-state index is 12.9. The second-order valence-electron chi connectivity index (χ2n) is 23.1. The third kappa shape index (κ3) is 62.5. The van der Waals surface area contributed by atoms with Crippen LogP contribution in [0.15, 0.2) is 36.5 Å². The van der Waals surface area contributed by atoms with Crippen molar-refractivity contribution in [1.82, 2.24) is 0 Å². The smallest absolute Gasteiger partial charge is 0.306 e. The standard InChI is InChI=1S/C70H130O6/c1-4-7-10-13-16-19-21-23-25-27-29-31-32-33-34-35-36-37-39-40-42-44-46-48-51-54-57-60-63-69(72)75-66-67(65-74-68(71)62-59-56-53-50-18-15-12-9-6-3)76-70(73)64-61-58-55-52-49-47-45-43-41-38-30-28-26-24-22-20-17-14-11-8-5-2/h22,24,28,30,41,43,67H,4-21,23,25-27,29,31-40,42,44-66H2,1-3H3/b24-22-,30-28-,43-41-. The van der Waals surface area contributed by atoms with Crippen LogP contribution < -0.4 is 0 Å². The molecule has 0 amide bonds. The molecule has 446 valence electrons. The first-order chi connectivity index (χ1) is 37.5. The molecule has 0 aromatic heterocycles. The first-order valence-corrected chi connectivity index (χ1v) is 34.0. The van der Waals surface area contributed by atoms with Crippen LogP contribution in [0.4, 0.5) is 0 Å². The summed E-state index contributed by atoms with van der Waals surface area (Å²) in [5.74, 6) is -0.864. The Kier molecular flexibility index (Phi) is 63.1. The third-order valence-electron chi connectivity index (χ3n) is 15.4. The molecular weight excluding hydrogens is 937 g/mol. The highest BCUT2D eigenvalue weighted by atomic mass is 16.6. The van der Waals surface area contributed by atoms with Gasteiger partial charge in [-0.25, -0.2) is 0 Å². The summed E-state index contributed by atoms with van der Waals surface area (Å²) < 4.78 is 16.9. The molecule has 0 N–H and O–H groups in total. The lowest BCUT2D eigenvalue weighted by Crippen LogP contribution is -2.30. The fourth-order valence-corrected chi connectivity index (χ4v) is 10.3. The minimum Gasteiger partial charge on any atom is -0.462 e. The van der Waals surface area contributed by atoms with E-state index in [1.807, 2.05) is 0 Å². The van der Waals surface area contributed by atoms with Gasteiger partial charge in [0.1, 0.15) is 13.2 Å². The second-order valence-corrected chi connectivity index (χ2v) is 23.1. The minimum absolute atomic E-state index is 0.0726. The molecule has 0 spiro atoms. The molecule has 0 fully saturated rings. The molecule has 1 unspecified atom stereocenters. The van der Waals surface area contributed by atoms with Gasteiger partial charge >= 0.3 is 17.9 Å². The summed E-state index contributed by atoms with van der Waals surface area (Å²) in [5.41, 5.74) is 0. The molecule has 0 aliphatic carbocycles. The highest BCUT2D eigenvalue weighted by Crippen LogP contribution is 2.18. The molecule has 0 saturated heterocycles. The molecule has 0 saturated carbocycles. The minimum atomic E-state index is -0.775. The van der Waals surface area contributed by atoms with Gasteiger partial charge in [0.05, 0.1) is 0 Å². The predicted molar refractivity (Wildman–Crippen MR) is 330 cm³/mol. The SMILES string of the molecule is CCCCCCC/C=C\C/C=C\C/C=C\CCCCCCCCC(=O)OC(COC(=O)CCCCCCCCCCC)COC(=O)CCCCCCCCCCCCCCCCCCCCCCCCCCCCCC. The van der Waals surface area contributed by atoms with Crippen LogP contribution in [0.1, 0.15) is 374 Å². The summed E-state index contributed by atoms with van der Waals surface area (Å²) in [6, 6.07) is 0. The molecule has 1 atom stereocenters. The van der Waals surface area contributed by atoms with Gasteiger partial charge in [0.2, 0.25) is 0 Å². The first-order valence-electron chi connectivity index (χ1n) is 34.0. The number of carbonyl (C=O) groups excluding carboxylic acids is 3. The monoisotopic (exact) mass is 1070 g/mol. The summed E-state index contributed by atoms with van der Waals surface area (Å²) in [7, 11) is 0. The van der Waals surface area contributed by atoms with Gasteiger partial charge < -0.3 is 14.2 Å². The number of allylic oxidation sites excluding steroid dienone is 6. The van der Waals surface area contributed by atoms with E-state index in [1.54, 1.807) is 0 Å². The molecule has 0 aliphatic heterocycles. The van der Waals surface area contributed by atoms with Crippen molar-refractivity contribution in [2.45, 2.75) is 380 Å². The summed E-state index contributed by atoms with van der Waals surface area (Å²) in [4.78, 5) is 38.2. The van der Waals surface area contributed by atoms with Crippen molar-refractivity contribution < 1.29 is 28.6 Å². The third-order valence-corrected chi connectivity index (χ3v) is 15.4. The van der Waals surface area contributed by atoms with Crippen molar-refractivity contribution in [3.8, 4) is 0 Å². The lowest BCUT2D eigenvalue weighted by Gasteiger charge is -2.18. The molecule has 0 heterocycles. The van der Waals surface area contributed by atoms with Crippen LogP contribution in [-0.4, -0.2) is 37.2 Å². The largest absolute Gasteiger partial charge is 0.462 e. The number of unbranched alkanes of at least 4 members (excludes halogenated alkanes) is 46. The Hall–Kier alpha value is -2.37. The summed E-state index contributed by atoms with van der Waals surface area (Å²) in [5, 5.41) is 0. The van der Waals surface area contributed by atoms with E-state index in [1.165, 1.54) is 257 Å².